The zero-order valence-electron chi connectivity index (χ0n) is 10.1. The average Bonchev–Trinajstić information content (AvgIpc) is 2.81. The molecular formula is C15H12Br2OS. The lowest BCUT2D eigenvalue weighted by Gasteiger charge is -2.13. The van der Waals surface area contributed by atoms with E-state index in [1.165, 1.54) is 10.5 Å². The monoisotopic (exact) mass is 398 g/mol. The van der Waals surface area contributed by atoms with Gasteiger partial charge < -0.3 is 4.74 Å². The number of rotatable bonds is 3. The van der Waals surface area contributed by atoms with Gasteiger partial charge in [0.25, 0.3) is 0 Å². The summed E-state index contributed by atoms with van der Waals surface area (Å²) in [6, 6.07) is 14.6. The minimum absolute atomic E-state index is 0.483. The van der Waals surface area contributed by atoms with Crippen molar-refractivity contribution in [2.24, 2.45) is 0 Å². The summed E-state index contributed by atoms with van der Waals surface area (Å²) >= 11 is 8.89. The molecule has 1 aliphatic rings. The van der Waals surface area contributed by atoms with Crippen molar-refractivity contribution in [3.8, 4) is 5.75 Å². The lowest BCUT2D eigenvalue weighted by molar-refractivity contribution is 0.296. The third-order valence-electron chi connectivity index (χ3n) is 3.13. The molecule has 2 aromatic carbocycles. The molecule has 1 unspecified atom stereocenters. The maximum absolute atomic E-state index is 5.95. The van der Waals surface area contributed by atoms with E-state index in [9.17, 15) is 0 Å². The molecule has 0 saturated heterocycles. The molecule has 0 fully saturated rings. The van der Waals surface area contributed by atoms with Gasteiger partial charge in [0, 0.05) is 21.0 Å². The van der Waals surface area contributed by atoms with Gasteiger partial charge in [0.1, 0.15) is 5.75 Å². The van der Waals surface area contributed by atoms with E-state index in [-0.39, 0.29) is 0 Å². The fourth-order valence-electron chi connectivity index (χ4n) is 2.15. The topological polar surface area (TPSA) is 9.23 Å². The van der Waals surface area contributed by atoms with Gasteiger partial charge in [0.05, 0.1) is 11.1 Å². The second-order valence-corrected chi connectivity index (χ2v) is 7.26. The maximum Gasteiger partial charge on any atom is 0.133 e. The highest BCUT2D eigenvalue weighted by atomic mass is 79.9. The van der Waals surface area contributed by atoms with Crippen LogP contribution in [-0.4, -0.2) is 12.4 Å². The Bertz CT molecular complexity index is 600. The Balaban J connectivity index is 1.71. The van der Waals surface area contributed by atoms with Gasteiger partial charge in [-0.25, -0.2) is 0 Å². The Morgan fingerprint density at radius 3 is 2.84 bits per heavy atom. The van der Waals surface area contributed by atoms with E-state index in [0.717, 1.165) is 27.1 Å². The molecular weight excluding hydrogens is 388 g/mol. The van der Waals surface area contributed by atoms with Gasteiger partial charge in [-0.2, -0.15) is 0 Å². The molecule has 0 saturated carbocycles. The van der Waals surface area contributed by atoms with Crippen LogP contribution in [0.3, 0.4) is 0 Å². The van der Waals surface area contributed by atoms with Crippen molar-refractivity contribution >= 4 is 43.6 Å². The van der Waals surface area contributed by atoms with Crippen LogP contribution in [-0.2, 0) is 0 Å². The first-order valence-electron chi connectivity index (χ1n) is 6.03. The largest absolute Gasteiger partial charge is 0.492 e. The fourth-order valence-corrected chi connectivity index (χ4v) is 4.54. The first-order valence-corrected chi connectivity index (χ1v) is 8.61. The number of ether oxygens (including phenoxy) is 1. The van der Waals surface area contributed by atoms with Crippen molar-refractivity contribution < 1.29 is 4.74 Å². The summed E-state index contributed by atoms with van der Waals surface area (Å²) in [5.74, 6) is 2.49. The summed E-state index contributed by atoms with van der Waals surface area (Å²) in [4.78, 5) is 1.39. The molecule has 1 heterocycles. The first-order chi connectivity index (χ1) is 9.24. The van der Waals surface area contributed by atoms with E-state index >= 15 is 0 Å². The standard InChI is InChI=1S/C15H12Br2OS/c16-11-5-6-14(13(17)7-11)18-8-10-9-19-15-4-2-1-3-12(10)15/h1-7,10H,8-9H2. The van der Waals surface area contributed by atoms with Gasteiger partial charge in [0.2, 0.25) is 0 Å². The van der Waals surface area contributed by atoms with Crippen molar-refractivity contribution in [1.29, 1.82) is 0 Å². The Morgan fingerprint density at radius 1 is 1.16 bits per heavy atom. The summed E-state index contributed by atoms with van der Waals surface area (Å²) in [6.45, 7) is 0.726. The number of thioether (sulfide) groups is 1. The molecule has 0 bridgehead atoms. The van der Waals surface area contributed by atoms with Crippen LogP contribution in [0.25, 0.3) is 0 Å². The number of fused-ring (bicyclic) bond motifs is 1. The second kappa shape index (κ2) is 5.90. The Labute approximate surface area is 134 Å². The normalized spacial score (nSPS) is 17.3. The molecule has 2 aromatic rings. The predicted octanol–water partition coefficient (Wildman–Crippen LogP) is 5.48. The van der Waals surface area contributed by atoms with Crippen LogP contribution in [0.2, 0.25) is 0 Å². The highest BCUT2D eigenvalue weighted by Gasteiger charge is 2.23. The van der Waals surface area contributed by atoms with Crippen molar-refractivity contribution in [3.05, 3.63) is 57.0 Å². The van der Waals surface area contributed by atoms with Crippen LogP contribution in [0, 0.1) is 0 Å². The van der Waals surface area contributed by atoms with Crippen LogP contribution in [0.5, 0.6) is 5.75 Å². The molecule has 3 rings (SSSR count). The fraction of sp³-hybridized carbons (Fsp3) is 0.200. The molecule has 1 nitrogen and oxygen atoms in total. The molecule has 0 radical (unpaired) electrons. The van der Waals surface area contributed by atoms with Crippen molar-refractivity contribution in [1.82, 2.24) is 0 Å². The van der Waals surface area contributed by atoms with Crippen molar-refractivity contribution in [3.63, 3.8) is 0 Å². The van der Waals surface area contributed by atoms with Crippen LogP contribution in [0.15, 0.2) is 56.3 Å². The molecule has 0 aliphatic carbocycles. The highest BCUT2D eigenvalue weighted by molar-refractivity contribution is 9.11. The quantitative estimate of drug-likeness (QED) is 0.675. The third kappa shape index (κ3) is 3.01. The number of benzene rings is 2. The van der Waals surface area contributed by atoms with E-state index in [4.69, 9.17) is 4.74 Å². The molecule has 0 N–H and O–H groups in total. The molecule has 0 aromatic heterocycles. The van der Waals surface area contributed by atoms with E-state index in [0.29, 0.717) is 5.92 Å². The SMILES string of the molecule is Brc1ccc(OCC2CSc3ccccc32)c(Br)c1. The van der Waals surface area contributed by atoms with Crippen LogP contribution in [0.4, 0.5) is 0 Å². The highest BCUT2D eigenvalue weighted by Crippen LogP contribution is 2.40. The Morgan fingerprint density at radius 2 is 2.00 bits per heavy atom. The summed E-state index contributed by atoms with van der Waals surface area (Å²) in [5.41, 5.74) is 1.42. The minimum atomic E-state index is 0.483. The Kier molecular flexibility index (Phi) is 4.20. The molecule has 1 atom stereocenters. The predicted molar refractivity (Wildman–Crippen MR) is 87.2 cm³/mol. The number of hydrogen-bond donors (Lipinski definition) is 0. The third-order valence-corrected chi connectivity index (χ3v) is 5.50. The molecule has 98 valence electrons. The van der Waals surface area contributed by atoms with Crippen molar-refractivity contribution in [2.75, 3.05) is 12.4 Å². The second-order valence-electron chi connectivity index (χ2n) is 4.43. The molecule has 0 spiro atoms. The molecule has 0 amide bonds. The van der Waals surface area contributed by atoms with Crippen LogP contribution >= 0.6 is 43.6 Å². The average molecular weight is 400 g/mol. The lowest BCUT2D eigenvalue weighted by atomic mass is 10.0. The van der Waals surface area contributed by atoms with Gasteiger partial charge in [-0.15, -0.1) is 11.8 Å². The summed E-state index contributed by atoms with van der Waals surface area (Å²) in [6.07, 6.45) is 0. The maximum atomic E-state index is 5.95. The first kappa shape index (κ1) is 13.5. The van der Waals surface area contributed by atoms with Gasteiger partial charge in [-0.1, -0.05) is 34.1 Å². The van der Waals surface area contributed by atoms with Crippen molar-refractivity contribution in [2.45, 2.75) is 10.8 Å². The smallest absolute Gasteiger partial charge is 0.133 e. The minimum Gasteiger partial charge on any atom is -0.492 e. The van der Waals surface area contributed by atoms with E-state index in [2.05, 4.69) is 56.1 Å². The molecule has 1 aliphatic heterocycles. The molecule has 19 heavy (non-hydrogen) atoms. The summed E-state index contributed by atoms with van der Waals surface area (Å²) in [7, 11) is 0. The molecule has 4 heteroatoms. The summed E-state index contributed by atoms with van der Waals surface area (Å²) in [5, 5.41) is 0. The number of halogens is 2. The zero-order chi connectivity index (χ0) is 13.2. The van der Waals surface area contributed by atoms with Gasteiger partial charge in [-0.05, 0) is 45.8 Å². The van der Waals surface area contributed by atoms with Gasteiger partial charge in [-0.3, -0.25) is 0 Å². The Hall–Kier alpha value is -0.450. The van der Waals surface area contributed by atoms with E-state index < -0.39 is 0 Å². The lowest BCUT2D eigenvalue weighted by Crippen LogP contribution is -2.09. The van der Waals surface area contributed by atoms with Gasteiger partial charge in [0.15, 0.2) is 0 Å². The summed E-state index contributed by atoms with van der Waals surface area (Å²) < 4.78 is 7.99. The van der Waals surface area contributed by atoms with E-state index in [1.807, 2.05) is 30.0 Å². The zero-order valence-corrected chi connectivity index (χ0v) is 14.1. The van der Waals surface area contributed by atoms with Crippen LogP contribution in [0.1, 0.15) is 11.5 Å². The van der Waals surface area contributed by atoms with E-state index in [1.54, 1.807) is 0 Å². The van der Waals surface area contributed by atoms with Crippen LogP contribution < -0.4 is 4.74 Å². The number of hydrogen-bond acceptors (Lipinski definition) is 2. The van der Waals surface area contributed by atoms with Gasteiger partial charge >= 0.3 is 0 Å².